The first-order valence-electron chi connectivity index (χ1n) is 27.5. The second kappa shape index (κ2) is 55.4. The van der Waals surface area contributed by atoms with Crippen molar-refractivity contribution < 1.29 is 28.6 Å². The quantitative estimate of drug-likeness (QED) is 0.0262. The Balaban J connectivity index is 4.46. The maximum absolute atomic E-state index is 12.8. The molecule has 0 bridgehead atoms. The van der Waals surface area contributed by atoms with Gasteiger partial charge < -0.3 is 14.2 Å². The average Bonchev–Trinajstić information content (AvgIpc) is 3.34. The van der Waals surface area contributed by atoms with Crippen LogP contribution in [0, 0.1) is 0 Å². The molecule has 0 aliphatic carbocycles. The highest BCUT2D eigenvalue weighted by Crippen LogP contribution is 2.14. The van der Waals surface area contributed by atoms with E-state index in [1.54, 1.807) is 0 Å². The molecule has 0 fully saturated rings. The number of carbonyl (C=O) groups excluding carboxylic acids is 3. The van der Waals surface area contributed by atoms with Crippen LogP contribution in [0.4, 0.5) is 0 Å². The molecule has 1 atom stereocenters. The molecule has 0 saturated heterocycles. The monoisotopic (exact) mass is 941 g/mol. The summed E-state index contributed by atoms with van der Waals surface area (Å²) >= 11 is 0. The van der Waals surface area contributed by atoms with Gasteiger partial charge in [-0.1, -0.05) is 226 Å². The third-order valence-corrected chi connectivity index (χ3v) is 11.2. The second-order valence-electron chi connectivity index (χ2n) is 17.7. The van der Waals surface area contributed by atoms with Crippen molar-refractivity contribution in [2.45, 2.75) is 239 Å². The van der Waals surface area contributed by atoms with E-state index in [0.717, 1.165) is 128 Å². The van der Waals surface area contributed by atoms with Gasteiger partial charge in [0.05, 0.1) is 0 Å². The summed E-state index contributed by atoms with van der Waals surface area (Å²) in [6, 6.07) is 0. The van der Waals surface area contributed by atoms with E-state index in [1.807, 2.05) is 0 Å². The Bertz CT molecular complexity index is 1450. The van der Waals surface area contributed by atoms with Gasteiger partial charge in [0, 0.05) is 19.3 Å². The van der Waals surface area contributed by atoms with Crippen LogP contribution in [-0.2, 0) is 28.6 Å². The summed E-state index contributed by atoms with van der Waals surface area (Å²) in [4.78, 5) is 38.0. The van der Waals surface area contributed by atoms with Crippen LogP contribution in [0.3, 0.4) is 0 Å². The first-order valence-corrected chi connectivity index (χ1v) is 27.5. The zero-order chi connectivity index (χ0) is 49.3. The Hall–Kier alpha value is -4.19. The molecule has 0 rings (SSSR count). The van der Waals surface area contributed by atoms with E-state index < -0.39 is 6.10 Å². The van der Waals surface area contributed by atoms with Crippen molar-refractivity contribution >= 4 is 17.9 Å². The molecule has 0 aliphatic rings. The minimum Gasteiger partial charge on any atom is -0.462 e. The van der Waals surface area contributed by atoms with E-state index in [1.165, 1.54) is 57.8 Å². The molecule has 0 aromatic rings. The van der Waals surface area contributed by atoms with E-state index in [0.29, 0.717) is 19.3 Å². The zero-order valence-electron chi connectivity index (χ0n) is 43.8. The zero-order valence-corrected chi connectivity index (χ0v) is 43.8. The summed E-state index contributed by atoms with van der Waals surface area (Å²) in [5, 5.41) is 0. The van der Waals surface area contributed by atoms with Crippen molar-refractivity contribution in [3.05, 3.63) is 122 Å². The van der Waals surface area contributed by atoms with Gasteiger partial charge in [0.25, 0.3) is 0 Å². The fraction of sp³-hybridized carbons (Fsp3) is 0.629. The molecule has 0 spiro atoms. The lowest BCUT2D eigenvalue weighted by Gasteiger charge is -2.18. The number of hydrogen-bond donors (Lipinski definition) is 0. The SMILES string of the molecule is CC/C=C\C/C=C\C/C=C\C/C=C\C/C=C\C/C=C\CCCCCCC(=O)OCC(COC(=O)CCCCCCCCCCCCCC)OC(=O)CCCC/C=C\C/C=C\C/C=C\C/C=C\CC. The number of carbonyl (C=O) groups is 3. The van der Waals surface area contributed by atoms with Crippen molar-refractivity contribution in [3.8, 4) is 0 Å². The maximum Gasteiger partial charge on any atom is 0.306 e. The molecule has 384 valence electrons. The molecule has 0 aliphatic heterocycles. The van der Waals surface area contributed by atoms with Gasteiger partial charge in [0.1, 0.15) is 13.2 Å². The molecule has 0 N–H and O–H groups in total. The van der Waals surface area contributed by atoms with Gasteiger partial charge in [0.15, 0.2) is 6.10 Å². The number of unbranched alkanes of at least 4 members (excludes halogenated alkanes) is 17. The van der Waals surface area contributed by atoms with Crippen molar-refractivity contribution in [1.29, 1.82) is 0 Å². The smallest absolute Gasteiger partial charge is 0.306 e. The largest absolute Gasteiger partial charge is 0.462 e. The van der Waals surface area contributed by atoms with Gasteiger partial charge >= 0.3 is 17.9 Å². The first kappa shape index (κ1) is 63.8. The van der Waals surface area contributed by atoms with Gasteiger partial charge in [-0.2, -0.15) is 0 Å². The second-order valence-corrected chi connectivity index (χ2v) is 17.7. The van der Waals surface area contributed by atoms with Crippen molar-refractivity contribution in [2.24, 2.45) is 0 Å². The third-order valence-electron chi connectivity index (χ3n) is 11.2. The molecule has 0 saturated carbocycles. The molecule has 6 heteroatoms. The lowest BCUT2D eigenvalue weighted by molar-refractivity contribution is -0.167. The summed E-state index contributed by atoms with van der Waals surface area (Å²) in [5.41, 5.74) is 0. The van der Waals surface area contributed by atoms with Gasteiger partial charge in [-0.3, -0.25) is 14.4 Å². The Kier molecular flexibility index (Phi) is 52.0. The fourth-order valence-corrected chi connectivity index (χ4v) is 7.14. The Morgan fingerprint density at radius 2 is 0.574 bits per heavy atom. The van der Waals surface area contributed by atoms with Crippen molar-refractivity contribution in [3.63, 3.8) is 0 Å². The topological polar surface area (TPSA) is 78.9 Å². The Labute approximate surface area is 418 Å². The van der Waals surface area contributed by atoms with E-state index in [-0.39, 0.29) is 37.5 Å². The molecule has 0 radical (unpaired) electrons. The highest BCUT2D eigenvalue weighted by molar-refractivity contribution is 5.71. The molecule has 6 nitrogen and oxygen atoms in total. The van der Waals surface area contributed by atoms with Crippen LogP contribution in [0.1, 0.15) is 233 Å². The number of hydrogen-bond acceptors (Lipinski definition) is 6. The van der Waals surface area contributed by atoms with Gasteiger partial charge in [0.2, 0.25) is 0 Å². The summed E-state index contributed by atoms with van der Waals surface area (Å²) < 4.78 is 16.8. The van der Waals surface area contributed by atoms with E-state index in [9.17, 15) is 14.4 Å². The number of allylic oxidation sites excluding steroid dienone is 20. The third kappa shape index (κ3) is 52.8. The summed E-state index contributed by atoms with van der Waals surface area (Å²) in [7, 11) is 0. The predicted molar refractivity (Wildman–Crippen MR) is 293 cm³/mol. The molecule has 0 amide bonds. The highest BCUT2D eigenvalue weighted by Gasteiger charge is 2.19. The van der Waals surface area contributed by atoms with Gasteiger partial charge in [-0.25, -0.2) is 0 Å². The van der Waals surface area contributed by atoms with Crippen LogP contribution in [0.5, 0.6) is 0 Å². The van der Waals surface area contributed by atoms with Crippen molar-refractivity contribution in [1.82, 2.24) is 0 Å². The first-order chi connectivity index (χ1) is 33.5. The van der Waals surface area contributed by atoms with Crippen molar-refractivity contribution in [2.75, 3.05) is 13.2 Å². The van der Waals surface area contributed by atoms with Gasteiger partial charge in [-0.15, -0.1) is 0 Å². The minimum atomic E-state index is -0.812. The fourth-order valence-electron chi connectivity index (χ4n) is 7.14. The van der Waals surface area contributed by atoms with Crippen LogP contribution in [0.15, 0.2) is 122 Å². The molecule has 0 aromatic heterocycles. The lowest BCUT2D eigenvalue weighted by Crippen LogP contribution is -2.30. The molecular formula is C62H100O6. The standard InChI is InChI=1S/C62H100O6/c1-4-7-10-13-16-19-22-25-27-28-29-30-31-32-33-34-36-37-40-43-46-49-52-55-61(64)67-58-59(57-66-60(63)54-51-48-45-42-39-24-21-18-15-12-9-6-3)68-62(65)56-53-50-47-44-41-38-35-26-23-20-17-14-11-8-5-2/h7-8,10-11,16-17,19-20,25-27,29-30,32-33,35-37,41,44,59H,4-6,9,12-15,18,21-24,28,31,34,38-40,42-43,45-58H2,1-3H3/b10-7-,11-8-,19-16-,20-17-,27-25-,30-29-,33-32-,35-26-,37-36-,44-41-. The number of esters is 3. The molecule has 68 heavy (non-hydrogen) atoms. The Morgan fingerprint density at radius 3 is 0.926 bits per heavy atom. The normalized spacial score (nSPS) is 13.0. The highest BCUT2D eigenvalue weighted by atomic mass is 16.6. The van der Waals surface area contributed by atoms with E-state index in [2.05, 4.69) is 142 Å². The van der Waals surface area contributed by atoms with Gasteiger partial charge in [-0.05, 0) is 109 Å². The van der Waals surface area contributed by atoms with Crippen LogP contribution >= 0.6 is 0 Å². The van der Waals surface area contributed by atoms with Crippen LogP contribution in [-0.4, -0.2) is 37.2 Å². The summed E-state index contributed by atoms with van der Waals surface area (Å²) in [6.45, 7) is 6.34. The number of ether oxygens (including phenoxy) is 3. The van der Waals surface area contributed by atoms with E-state index in [4.69, 9.17) is 14.2 Å². The summed E-state index contributed by atoms with van der Waals surface area (Å²) in [5.74, 6) is -0.977. The van der Waals surface area contributed by atoms with Crippen LogP contribution in [0.2, 0.25) is 0 Å². The number of rotatable bonds is 48. The summed E-state index contributed by atoms with van der Waals surface area (Å²) in [6.07, 6.45) is 76.2. The molecule has 1 unspecified atom stereocenters. The maximum atomic E-state index is 12.8. The Morgan fingerprint density at radius 1 is 0.309 bits per heavy atom. The molecular weight excluding hydrogens is 841 g/mol. The van der Waals surface area contributed by atoms with Crippen LogP contribution < -0.4 is 0 Å². The minimum absolute atomic E-state index is 0.105. The predicted octanol–water partition coefficient (Wildman–Crippen LogP) is 18.5. The van der Waals surface area contributed by atoms with E-state index >= 15 is 0 Å². The van der Waals surface area contributed by atoms with Crippen LogP contribution in [0.25, 0.3) is 0 Å². The molecule has 0 heterocycles. The molecule has 0 aromatic carbocycles. The average molecular weight is 941 g/mol. The lowest BCUT2D eigenvalue weighted by atomic mass is 10.0.